The van der Waals surface area contributed by atoms with E-state index in [1.165, 1.54) is 12.1 Å². The zero-order valence-corrected chi connectivity index (χ0v) is 18.5. The minimum Gasteiger partial charge on any atom is -0.384 e. The molecule has 6 nitrogen and oxygen atoms in total. The van der Waals surface area contributed by atoms with E-state index in [0.717, 1.165) is 44.6 Å². The summed E-state index contributed by atoms with van der Waals surface area (Å²) < 4.78 is 24.2. The molecule has 2 aliphatic rings. The minimum absolute atomic E-state index is 0. The van der Waals surface area contributed by atoms with Crippen LogP contribution >= 0.6 is 24.8 Å². The van der Waals surface area contributed by atoms with E-state index < -0.39 is 5.41 Å². The summed E-state index contributed by atoms with van der Waals surface area (Å²) >= 11 is 0. The molecule has 2 saturated heterocycles. The van der Waals surface area contributed by atoms with Gasteiger partial charge in [0.15, 0.2) is 0 Å². The van der Waals surface area contributed by atoms with Gasteiger partial charge in [-0.2, -0.15) is 0 Å². The highest BCUT2D eigenvalue weighted by Crippen LogP contribution is 2.30. The molecule has 0 bridgehead atoms. The van der Waals surface area contributed by atoms with Crippen LogP contribution in [-0.2, 0) is 14.3 Å². The lowest BCUT2D eigenvalue weighted by Crippen LogP contribution is -2.52. The summed E-state index contributed by atoms with van der Waals surface area (Å²) in [4.78, 5) is 15.4. The van der Waals surface area contributed by atoms with Crippen LogP contribution in [0.1, 0.15) is 24.4 Å². The van der Waals surface area contributed by atoms with Gasteiger partial charge in [-0.05, 0) is 43.6 Å². The molecule has 2 N–H and O–H groups in total. The number of nitrogens with one attached hydrogen (secondary N) is 2. The van der Waals surface area contributed by atoms with Crippen molar-refractivity contribution in [2.45, 2.75) is 18.9 Å². The number of carbonyl (C=O) groups is 1. The fourth-order valence-corrected chi connectivity index (χ4v) is 4.03. The molecular formula is C20H32Cl2FN3O3. The van der Waals surface area contributed by atoms with E-state index in [9.17, 15) is 9.18 Å². The summed E-state index contributed by atoms with van der Waals surface area (Å²) in [5.41, 5.74) is 0.531. The van der Waals surface area contributed by atoms with Crippen LogP contribution in [0, 0.1) is 11.2 Å². The topological polar surface area (TPSA) is 62.8 Å². The summed E-state index contributed by atoms with van der Waals surface area (Å²) in [5.74, 6) is -0.205. The van der Waals surface area contributed by atoms with Crippen LogP contribution in [0.3, 0.4) is 0 Å². The number of methoxy groups -OCH3 is 1. The standard InChI is InChI=1S/C20H30FN3O3.2ClH/c1-26-15-20(6-8-22-9-7-20)19(25)23-14-18(24-10-12-27-13-11-24)16-2-4-17(21)5-3-16;;/h2-5,18,22H,6-15H2,1H3,(H,23,25);2*1H. The van der Waals surface area contributed by atoms with Crippen LogP contribution in [0.5, 0.6) is 0 Å². The Balaban J connectivity index is 0.00000210. The van der Waals surface area contributed by atoms with Crippen LogP contribution in [0.4, 0.5) is 4.39 Å². The van der Waals surface area contributed by atoms with Crippen molar-refractivity contribution in [3.05, 3.63) is 35.6 Å². The van der Waals surface area contributed by atoms with Crippen molar-refractivity contribution in [3.63, 3.8) is 0 Å². The molecule has 2 heterocycles. The lowest BCUT2D eigenvalue weighted by molar-refractivity contribution is -0.136. The third kappa shape index (κ3) is 6.77. The average Bonchev–Trinajstić information content (AvgIpc) is 2.71. The molecule has 1 aromatic carbocycles. The molecule has 1 unspecified atom stereocenters. The first-order valence-corrected chi connectivity index (χ1v) is 9.70. The smallest absolute Gasteiger partial charge is 0.228 e. The first-order valence-electron chi connectivity index (χ1n) is 9.70. The summed E-state index contributed by atoms with van der Waals surface area (Å²) in [5, 5.41) is 6.47. The molecular weight excluding hydrogens is 420 g/mol. The van der Waals surface area contributed by atoms with E-state index in [-0.39, 0.29) is 42.6 Å². The molecule has 0 aliphatic carbocycles. The largest absolute Gasteiger partial charge is 0.384 e. The molecule has 3 rings (SSSR count). The van der Waals surface area contributed by atoms with E-state index in [4.69, 9.17) is 9.47 Å². The Morgan fingerprint density at radius 3 is 2.45 bits per heavy atom. The Morgan fingerprint density at radius 1 is 1.24 bits per heavy atom. The van der Waals surface area contributed by atoms with Gasteiger partial charge in [0.1, 0.15) is 5.82 Å². The maximum absolute atomic E-state index is 13.4. The molecule has 1 aromatic rings. The number of piperidine rings is 1. The molecule has 0 saturated carbocycles. The molecule has 29 heavy (non-hydrogen) atoms. The summed E-state index contributed by atoms with van der Waals surface area (Å²) in [6.07, 6.45) is 1.54. The van der Waals surface area contributed by atoms with E-state index >= 15 is 0 Å². The minimum atomic E-state index is -0.474. The van der Waals surface area contributed by atoms with Crippen LogP contribution < -0.4 is 10.6 Å². The number of ether oxygens (including phenoxy) is 2. The van der Waals surface area contributed by atoms with E-state index in [2.05, 4.69) is 15.5 Å². The van der Waals surface area contributed by atoms with Crippen molar-refractivity contribution in [2.24, 2.45) is 5.41 Å². The van der Waals surface area contributed by atoms with Gasteiger partial charge in [-0.25, -0.2) is 4.39 Å². The van der Waals surface area contributed by atoms with Crippen LogP contribution in [-0.4, -0.2) is 70.5 Å². The second kappa shape index (κ2) is 12.7. The maximum atomic E-state index is 13.4. The quantitative estimate of drug-likeness (QED) is 0.664. The predicted molar refractivity (Wildman–Crippen MR) is 115 cm³/mol. The summed E-state index contributed by atoms with van der Waals surface area (Å²) in [6.45, 7) is 5.50. The summed E-state index contributed by atoms with van der Waals surface area (Å²) in [7, 11) is 1.64. The van der Waals surface area contributed by atoms with Gasteiger partial charge in [-0.1, -0.05) is 12.1 Å². The third-order valence-electron chi connectivity index (χ3n) is 5.66. The van der Waals surface area contributed by atoms with Gasteiger partial charge in [0, 0.05) is 26.7 Å². The Bertz CT molecular complexity index is 604. The first kappa shape index (κ1) is 26.1. The van der Waals surface area contributed by atoms with Gasteiger partial charge in [0.25, 0.3) is 0 Å². The molecule has 1 atom stereocenters. The van der Waals surface area contributed by atoms with Gasteiger partial charge < -0.3 is 20.1 Å². The number of carbonyl (C=O) groups excluding carboxylic acids is 1. The van der Waals surface area contributed by atoms with Crippen molar-refractivity contribution >= 4 is 30.7 Å². The molecule has 0 radical (unpaired) electrons. The van der Waals surface area contributed by atoms with E-state index in [0.29, 0.717) is 26.4 Å². The molecule has 2 aliphatic heterocycles. The van der Waals surface area contributed by atoms with Gasteiger partial charge in [-0.3, -0.25) is 9.69 Å². The lowest BCUT2D eigenvalue weighted by Gasteiger charge is -2.38. The predicted octanol–water partition coefficient (Wildman–Crippen LogP) is 2.18. The first-order chi connectivity index (χ1) is 13.1. The fraction of sp³-hybridized carbons (Fsp3) is 0.650. The number of nitrogens with zero attached hydrogens (tertiary/aromatic N) is 1. The fourth-order valence-electron chi connectivity index (χ4n) is 4.03. The molecule has 9 heteroatoms. The zero-order valence-electron chi connectivity index (χ0n) is 16.8. The van der Waals surface area contributed by atoms with Crippen molar-refractivity contribution < 1.29 is 18.7 Å². The molecule has 1 amide bonds. The number of halogens is 3. The molecule has 2 fully saturated rings. The zero-order chi connectivity index (χ0) is 19.1. The average molecular weight is 452 g/mol. The van der Waals surface area contributed by atoms with Crippen molar-refractivity contribution in [3.8, 4) is 0 Å². The number of rotatable bonds is 7. The number of hydrogen-bond donors (Lipinski definition) is 2. The SMILES string of the molecule is COCC1(C(=O)NCC(c2ccc(F)cc2)N2CCOCC2)CCNCC1.Cl.Cl. The maximum Gasteiger partial charge on any atom is 0.228 e. The van der Waals surface area contributed by atoms with Crippen LogP contribution in [0.25, 0.3) is 0 Å². The van der Waals surface area contributed by atoms with Gasteiger partial charge >= 0.3 is 0 Å². The molecule has 0 spiro atoms. The number of amides is 1. The molecule has 166 valence electrons. The number of benzene rings is 1. The van der Waals surface area contributed by atoms with Gasteiger partial charge in [0.05, 0.1) is 31.3 Å². The van der Waals surface area contributed by atoms with Crippen LogP contribution in [0.2, 0.25) is 0 Å². The molecule has 0 aromatic heterocycles. The Labute approximate surface area is 184 Å². The Hall–Kier alpha value is -0.960. The lowest BCUT2D eigenvalue weighted by atomic mass is 9.78. The van der Waals surface area contributed by atoms with Gasteiger partial charge in [-0.15, -0.1) is 24.8 Å². The highest BCUT2D eigenvalue weighted by atomic mass is 35.5. The van der Waals surface area contributed by atoms with Crippen molar-refractivity contribution in [1.29, 1.82) is 0 Å². The van der Waals surface area contributed by atoms with Crippen molar-refractivity contribution in [2.75, 3.05) is 59.7 Å². The Morgan fingerprint density at radius 2 is 1.86 bits per heavy atom. The highest BCUT2D eigenvalue weighted by Gasteiger charge is 2.40. The van der Waals surface area contributed by atoms with Crippen LogP contribution in [0.15, 0.2) is 24.3 Å². The summed E-state index contributed by atoms with van der Waals surface area (Å²) in [6, 6.07) is 6.56. The Kier molecular flexibility index (Phi) is 11.4. The van der Waals surface area contributed by atoms with Crippen molar-refractivity contribution in [1.82, 2.24) is 15.5 Å². The monoisotopic (exact) mass is 451 g/mol. The van der Waals surface area contributed by atoms with Gasteiger partial charge in [0.2, 0.25) is 5.91 Å². The number of hydrogen-bond acceptors (Lipinski definition) is 5. The third-order valence-corrected chi connectivity index (χ3v) is 5.66. The van der Waals surface area contributed by atoms with E-state index in [1.807, 2.05) is 0 Å². The second-order valence-corrected chi connectivity index (χ2v) is 7.39. The van der Waals surface area contributed by atoms with E-state index in [1.54, 1.807) is 19.2 Å². The normalized spacial score (nSPS) is 20.1. The highest BCUT2D eigenvalue weighted by molar-refractivity contribution is 5.85. The second-order valence-electron chi connectivity index (χ2n) is 7.39. The number of morpholine rings is 1.